The van der Waals surface area contributed by atoms with Gasteiger partial charge in [0, 0.05) is 22.2 Å². The van der Waals surface area contributed by atoms with Crippen LogP contribution < -0.4 is 5.32 Å². The molecule has 3 heterocycles. The Hall–Kier alpha value is -2.06. The van der Waals surface area contributed by atoms with Gasteiger partial charge in [-0.1, -0.05) is 40.9 Å². The fourth-order valence-corrected chi connectivity index (χ4v) is 3.73. The zero-order valence-corrected chi connectivity index (χ0v) is 16.1. The Morgan fingerprint density at radius 3 is 2.81 bits per heavy atom. The number of pyridine rings is 1. The van der Waals surface area contributed by atoms with E-state index in [9.17, 15) is 9.90 Å². The van der Waals surface area contributed by atoms with E-state index in [2.05, 4.69) is 20.3 Å². The Kier molecular flexibility index (Phi) is 4.86. The summed E-state index contributed by atoms with van der Waals surface area (Å²) in [6, 6.07) is 7.46. The number of imidazole rings is 1. The molecule has 2 amide bonds. The summed E-state index contributed by atoms with van der Waals surface area (Å²) in [4.78, 5) is 25.5. The van der Waals surface area contributed by atoms with Crippen molar-refractivity contribution in [2.24, 2.45) is 0 Å². The highest BCUT2D eigenvalue weighted by Crippen LogP contribution is 2.30. The Labute approximate surface area is 169 Å². The van der Waals surface area contributed by atoms with E-state index in [0.717, 1.165) is 0 Å². The molecular weight excluding hydrogens is 413 g/mol. The summed E-state index contributed by atoms with van der Waals surface area (Å²) in [5.74, 6) is 0.578. The molecule has 1 aliphatic heterocycles. The number of carbonyl (C=O) groups excluding carboxylic acids is 1. The van der Waals surface area contributed by atoms with Gasteiger partial charge >= 0.3 is 6.03 Å². The third-order valence-electron chi connectivity index (χ3n) is 4.37. The maximum atomic E-state index is 12.3. The van der Waals surface area contributed by atoms with Crippen molar-refractivity contribution in [1.82, 2.24) is 25.2 Å². The number of nitrogens with one attached hydrogen (secondary N) is 2. The van der Waals surface area contributed by atoms with Crippen molar-refractivity contribution in [1.29, 1.82) is 0 Å². The van der Waals surface area contributed by atoms with Gasteiger partial charge in [0.1, 0.15) is 22.6 Å². The van der Waals surface area contributed by atoms with Crippen LogP contribution in [-0.4, -0.2) is 43.6 Å². The van der Waals surface area contributed by atoms with Gasteiger partial charge in [0.2, 0.25) is 0 Å². The molecule has 1 aromatic carbocycles. The largest absolute Gasteiger partial charge is 0.386 e. The number of amides is 2. The second kappa shape index (κ2) is 7.16. The van der Waals surface area contributed by atoms with Gasteiger partial charge in [-0.05, 0) is 24.3 Å². The lowest BCUT2D eigenvalue weighted by Gasteiger charge is -2.19. The van der Waals surface area contributed by atoms with Gasteiger partial charge in [-0.2, -0.15) is 0 Å². The minimum Gasteiger partial charge on any atom is -0.386 e. The smallest absolute Gasteiger partial charge is 0.318 e. The number of rotatable bonds is 4. The number of hydrogen-bond acceptors (Lipinski definition) is 4. The molecule has 0 spiro atoms. The first-order valence-corrected chi connectivity index (χ1v) is 9.23. The van der Waals surface area contributed by atoms with Crippen LogP contribution in [0.2, 0.25) is 15.2 Å². The Morgan fingerprint density at radius 2 is 2.04 bits per heavy atom. The molecule has 0 bridgehead atoms. The summed E-state index contributed by atoms with van der Waals surface area (Å²) in [5.41, 5.74) is 1.73. The summed E-state index contributed by atoms with van der Waals surface area (Å²) >= 11 is 17.9. The maximum absolute atomic E-state index is 12.3. The first kappa shape index (κ1) is 18.3. The van der Waals surface area contributed by atoms with Gasteiger partial charge in [-0.3, -0.25) is 0 Å². The Balaban J connectivity index is 1.49. The molecule has 1 fully saturated rings. The van der Waals surface area contributed by atoms with Crippen molar-refractivity contribution in [3.05, 3.63) is 56.9 Å². The van der Waals surface area contributed by atoms with Gasteiger partial charge in [0.05, 0.1) is 12.6 Å². The van der Waals surface area contributed by atoms with Crippen molar-refractivity contribution >= 4 is 52.0 Å². The van der Waals surface area contributed by atoms with E-state index in [0.29, 0.717) is 44.3 Å². The van der Waals surface area contributed by atoms with E-state index in [-0.39, 0.29) is 12.6 Å². The third-order valence-corrected chi connectivity index (χ3v) is 5.15. The number of benzene rings is 1. The summed E-state index contributed by atoms with van der Waals surface area (Å²) in [6.07, 6.45) is -0.958. The quantitative estimate of drug-likeness (QED) is 0.556. The van der Waals surface area contributed by atoms with Crippen LogP contribution in [-0.2, 0) is 6.54 Å². The van der Waals surface area contributed by atoms with Crippen LogP contribution in [0.4, 0.5) is 4.79 Å². The summed E-state index contributed by atoms with van der Waals surface area (Å²) in [5, 5.41) is 14.6. The number of fused-ring (bicyclic) bond motifs is 1. The number of aromatic amines is 1. The van der Waals surface area contributed by atoms with E-state index in [1.54, 1.807) is 35.2 Å². The number of hydrogen-bond donors (Lipinski definition) is 3. The standard InChI is InChI=1S/C17H14Cl3N5O2/c18-8-1-2-9(10(19)5-8)15(26)12-6-25(17(27)22-12)7-14-21-11-3-4-13(20)23-16(11)24-14/h1-5,12,15,26H,6-7H2,(H,22,27)(H,21,23,24). The van der Waals surface area contributed by atoms with Gasteiger partial charge in [-0.15, -0.1) is 0 Å². The normalized spacial score (nSPS) is 18.1. The summed E-state index contributed by atoms with van der Waals surface area (Å²) in [7, 11) is 0. The third kappa shape index (κ3) is 3.68. The number of halogens is 3. The molecule has 2 aromatic heterocycles. The predicted octanol–water partition coefficient (Wildman–Crippen LogP) is 3.55. The van der Waals surface area contributed by atoms with Gasteiger partial charge < -0.3 is 20.3 Å². The lowest BCUT2D eigenvalue weighted by Crippen LogP contribution is -2.32. The van der Waals surface area contributed by atoms with Gasteiger partial charge in [-0.25, -0.2) is 14.8 Å². The van der Waals surface area contributed by atoms with Crippen molar-refractivity contribution in [2.75, 3.05) is 6.54 Å². The maximum Gasteiger partial charge on any atom is 0.318 e. The van der Waals surface area contributed by atoms with E-state index in [1.807, 2.05) is 0 Å². The Bertz CT molecular complexity index is 1020. The van der Waals surface area contributed by atoms with Gasteiger partial charge in [0.15, 0.2) is 5.65 Å². The van der Waals surface area contributed by atoms with Gasteiger partial charge in [0.25, 0.3) is 0 Å². The van der Waals surface area contributed by atoms with Crippen LogP contribution in [0.5, 0.6) is 0 Å². The van der Waals surface area contributed by atoms with Crippen molar-refractivity contribution < 1.29 is 9.90 Å². The van der Waals surface area contributed by atoms with Crippen LogP contribution in [0, 0.1) is 0 Å². The van der Waals surface area contributed by atoms with E-state index < -0.39 is 12.1 Å². The molecule has 1 saturated heterocycles. The van der Waals surface area contributed by atoms with Crippen molar-refractivity contribution in [3.63, 3.8) is 0 Å². The monoisotopic (exact) mass is 425 g/mol. The average molecular weight is 427 g/mol. The van der Waals surface area contributed by atoms with Crippen LogP contribution in [0.3, 0.4) is 0 Å². The Morgan fingerprint density at radius 1 is 1.22 bits per heavy atom. The molecular formula is C17H14Cl3N5O2. The average Bonchev–Trinajstić information content (AvgIpc) is 3.17. The minimum atomic E-state index is -0.958. The molecule has 4 rings (SSSR count). The molecule has 1 aliphatic rings. The molecule has 2 unspecified atom stereocenters. The molecule has 7 nitrogen and oxygen atoms in total. The van der Waals surface area contributed by atoms with Crippen molar-refractivity contribution in [2.45, 2.75) is 18.7 Å². The fourth-order valence-electron chi connectivity index (χ4n) is 3.07. The molecule has 0 radical (unpaired) electrons. The predicted molar refractivity (Wildman–Crippen MR) is 103 cm³/mol. The van der Waals surface area contributed by atoms with Crippen LogP contribution in [0.15, 0.2) is 30.3 Å². The van der Waals surface area contributed by atoms with E-state index >= 15 is 0 Å². The molecule has 10 heteroatoms. The first-order chi connectivity index (χ1) is 12.9. The molecule has 3 N–H and O–H groups in total. The number of aliphatic hydroxyl groups is 1. The number of carbonyl (C=O) groups is 1. The molecule has 0 saturated carbocycles. The first-order valence-electron chi connectivity index (χ1n) is 8.10. The van der Waals surface area contributed by atoms with E-state index in [4.69, 9.17) is 34.8 Å². The topological polar surface area (TPSA) is 94.1 Å². The number of aliphatic hydroxyl groups excluding tert-OH is 1. The summed E-state index contributed by atoms with van der Waals surface area (Å²) < 4.78 is 0. The lowest BCUT2D eigenvalue weighted by molar-refractivity contribution is 0.137. The second-order valence-corrected chi connectivity index (χ2v) is 7.46. The number of H-pyrrole nitrogens is 1. The summed E-state index contributed by atoms with van der Waals surface area (Å²) in [6.45, 7) is 0.543. The number of nitrogens with zero attached hydrogens (tertiary/aromatic N) is 3. The van der Waals surface area contributed by atoms with Crippen molar-refractivity contribution in [3.8, 4) is 0 Å². The molecule has 3 aromatic rings. The highest BCUT2D eigenvalue weighted by Gasteiger charge is 2.35. The number of aromatic nitrogens is 3. The number of urea groups is 1. The molecule has 2 atom stereocenters. The van der Waals surface area contributed by atoms with E-state index in [1.165, 1.54) is 0 Å². The highest BCUT2D eigenvalue weighted by atomic mass is 35.5. The zero-order chi connectivity index (χ0) is 19.1. The van der Waals surface area contributed by atoms with Crippen LogP contribution in [0.25, 0.3) is 11.2 Å². The molecule has 27 heavy (non-hydrogen) atoms. The lowest BCUT2D eigenvalue weighted by atomic mass is 10.0. The fraction of sp³-hybridized carbons (Fsp3) is 0.235. The highest BCUT2D eigenvalue weighted by molar-refractivity contribution is 6.35. The molecule has 140 valence electrons. The van der Waals surface area contributed by atoms with Crippen LogP contribution >= 0.6 is 34.8 Å². The molecule has 0 aliphatic carbocycles. The minimum absolute atomic E-state index is 0.247. The zero-order valence-electron chi connectivity index (χ0n) is 13.8. The SMILES string of the molecule is O=C1NC(C(O)c2ccc(Cl)cc2Cl)CN1Cc1nc2ccc(Cl)nc2[nH]1. The second-order valence-electron chi connectivity index (χ2n) is 6.23. The van der Waals surface area contributed by atoms with Crippen LogP contribution in [0.1, 0.15) is 17.5 Å².